The Bertz CT molecular complexity index is 3010. The molecule has 4 aromatic heterocycles. The second-order valence-electron chi connectivity index (χ2n) is 18.3. The van der Waals surface area contributed by atoms with Crippen LogP contribution in [0.15, 0.2) is 104 Å². The van der Waals surface area contributed by atoms with Crippen LogP contribution in [0.1, 0.15) is 75.0 Å². The van der Waals surface area contributed by atoms with Crippen molar-refractivity contribution in [2.45, 2.75) is 91.1 Å². The van der Waals surface area contributed by atoms with Gasteiger partial charge >= 0.3 is 12.1 Å². The van der Waals surface area contributed by atoms with E-state index in [2.05, 4.69) is 36.3 Å². The lowest BCUT2D eigenvalue weighted by atomic mass is 10.0. The van der Waals surface area contributed by atoms with Crippen LogP contribution in [0.2, 0.25) is 0 Å². The van der Waals surface area contributed by atoms with Gasteiger partial charge in [0.2, 0.25) is 17.7 Å². The van der Waals surface area contributed by atoms with Gasteiger partial charge in [0.15, 0.2) is 5.65 Å². The highest BCUT2D eigenvalue weighted by Gasteiger charge is 2.29. The number of benzene rings is 2. The van der Waals surface area contributed by atoms with Gasteiger partial charge in [-0.3, -0.25) is 38.8 Å². The van der Waals surface area contributed by atoms with E-state index in [4.69, 9.17) is 25.2 Å². The van der Waals surface area contributed by atoms with Crippen LogP contribution in [-0.2, 0) is 48.4 Å². The molecule has 0 saturated carbocycles. The Morgan fingerprint density at radius 3 is 2.28 bits per heavy atom. The summed E-state index contributed by atoms with van der Waals surface area (Å²) in [5.41, 5.74) is 11.2. The van der Waals surface area contributed by atoms with Gasteiger partial charge in [0.05, 0.1) is 30.7 Å². The number of hydrogen-bond donors (Lipinski definition) is 6. The van der Waals surface area contributed by atoms with Crippen molar-refractivity contribution < 1.29 is 43.0 Å². The summed E-state index contributed by atoms with van der Waals surface area (Å²) in [5, 5.41) is 15.2. The molecule has 6 aromatic rings. The fraction of sp³-hybridized carbons (Fsp3) is 0.340. The lowest BCUT2D eigenvalue weighted by Crippen LogP contribution is -2.54. The van der Waals surface area contributed by atoms with Crippen molar-refractivity contribution in [3.63, 3.8) is 0 Å². The highest BCUT2D eigenvalue weighted by Crippen LogP contribution is 2.30. The summed E-state index contributed by atoms with van der Waals surface area (Å²) in [7, 11) is 1.58. The van der Waals surface area contributed by atoms with E-state index in [0.717, 1.165) is 21.7 Å². The lowest BCUT2D eigenvalue weighted by molar-refractivity contribution is -0.137. The Hall–Kier alpha value is -8.95. The fourth-order valence-corrected chi connectivity index (χ4v) is 8.21. The van der Waals surface area contributed by atoms with Crippen LogP contribution in [0.4, 0.5) is 15.3 Å². The molecule has 0 spiro atoms. The number of imide groups is 1. The van der Waals surface area contributed by atoms with E-state index in [-0.39, 0.29) is 75.7 Å². The molecular formula is C53H61N13O9. The molecule has 0 aliphatic carbocycles. The number of nitrogens with two attached hydrogens (primary N) is 1. The highest BCUT2D eigenvalue weighted by atomic mass is 16.6. The number of aromatic amines is 1. The first-order valence-electron chi connectivity index (χ1n) is 24.6. The van der Waals surface area contributed by atoms with Crippen LogP contribution in [0.25, 0.3) is 28.3 Å². The number of carbonyl (C=O) groups is 7. The van der Waals surface area contributed by atoms with Crippen LogP contribution in [-0.4, -0.2) is 113 Å². The zero-order valence-electron chi connectivity index (χ0n) is 42.2. The quantitative estimate of drug-likeness (QED) is 0.0313. The van der Waals surface area contributed by atoms with E-state index < -0.39 is 36.0 Å². The van der Waals surface area contributed by atoms with Crippen molar-refractivity contribution in [1.29, 1.82) is 0 Å². The summed E-state index contributed by atoms with van der Waals surface area (Å²) in [6, 6.07) is 20.7. The standard InChI is InChI=1S/C53H61N13O9/c1-33(2)47(63-44(67)13-6-5-7-27-65-45(68)24-25-46(65)69)51(71)60-41(12-9-26-55-52(54)72)50(70)59-38-19-14-36(15-20-38)31-75-53(73)64(28-35-16-21-39(74-4)22-17-35)30-42-61-48(37-18-23-43-56-32-57-66(43)29-37)49(62-42)40-11-8-10-34(3)58-40/h8,10-11,14-25,29,32-33,41,47H,5-7,9,12-13,26-28,30-31H2,1-4H3,(H,59,70)(H,60,71)(H,61,62)(H,63,67)(H3,54,55,72). The molecule has 0 bridgehead atoms. The van der Waals surface area contributed by atoms with E-state index in [1.165, 1.54) is 23.4 Å². The number of imidazole rings is 1. The average molecular weight is 1020 g/mol. The molecule has 2 atom stereocenters. The maximum absolute atomic E-state index is 14.1. The second kappa shape index (κ2) is 25.6. The number of ether oxygens (including phenoxy) is 2. The number of primary amides is 1. The maximum Gasteiger partial charge on any atom is 0.410 e. The molecule has 1 aliphatic rings. The van der Waals surface area contributed by atoms with Crippen molar-refractivity contribution in [3.05, 3.63) is 126 Å². The zero-order valence-corrected chi connectivity index (χ0v) is 42.2. The molecule has 22 heteroatoms. The number of H-pyrrole nitrogens is 1. The monoisotopic (exact) mass is 1020 g/mol. The Morgan fingerprint density at radius 2 is 1.57 bits per heavy atom. The summed E-state index contributed by atoms with van der Waals surface area (Å²) in [4.78, 5) is 110. The molecule has 0 saturated heterocycles. The zero-order chi connectivity index (χ0) is 53.4. The third kappa shape index (κ3) is 15.1. The molecule has 2 unspecified atom stereocenters. The van der Waals surface area contributed by atoms with Crippen molar-refractivity contribution in [2.24, 2.45) is 11.7 Å². The summed E-state index contributed by atoms with van der Waals surface area (Å²) >= 11 is 0. The number of methoxy groups -OCH3 is 1. The predicted octanol–water partition coefficient (Wildman–Crippen LogP) is 5.34. The molecule has 2 aromatic carbocycles. The number of hydrogen-bond acceptors (Lipinski definition) is 13. The number of nitrogens with zero attached hydrogens (tertiary/aromatic N) is 7. The van der Waals surface area contributed by atoms with Gasteiger partial charge in [-0.2, -0.15) is 5.10 Å². The van der Waals surface area contributed by atoms with Crippen LogP contribution < -0.4 is 31.7 Å². The number of amides is 8. The number of pyridine rings is 2. The lowest BCUT2D eigenvalue weighted by Gasteiger charge is -2.25. The van der Waals surface area contributed by atoms with Crippen molar-refractivity contribution in [1.82, 2.24) is 55.3 Å². The minimum atomic E-state index is -1.07. The number of rotatable bonds is 25. The molecule has 5 heterocycles. The van der Waals surface area contributed by atoms with Gasteiger partial charge < -0.3 is 41.5 Å². The first kappa shape index (κ1) is 53.8. The Morgan fingerprint density at radius 1 is 0.827 bits per heavy atom. The predicted molar refractivity (Wildman–Crippen MR) is 276 cm³/mol. The Balaban J connectivity index is 0.991. The number of aromatic nitrogens is 6. The molecule has 22 nitrogen and oxygen atoms in total. The SMILES string of the molecule is COc1ccc(CN(Cc2nc(-c3ccc4ncnn4c3)c(-c3cccc(C)n3)[nH]2)C(=O)OCc2ccc(NC(=O)C(CCCNC(N)=O)NC(=O)C(NC(=O)CCCCCN3C(=O)C=CC3=O)C(C)C)cc2)cc1. The van der Waals surface area contributed by atoms with Gasteiger partial charge in [-0.15, -0.1) is 0 Å². The summed E-state index contributed by atoms with van der Waals surface area (Å²) in [6.45, 7) is 5.93. The number of carbonyl (C=O) groups excluding carboxylic acids is 7. The van der Waals surface area contributed by atoms with Gasteiger partial charge in [-0.05, 0) is 98.2 Å². The average Bonchev–Trinajstić information content (AvgIpc) is 4.14. The Labute approximate surface area is 432 Å². The Kier molecular flexibility index (Phi) is 18.4. The molecule has 7 rings (SSSR count). The van der Waals surface area contributed by atoms with Crippen LogP contribution in [0, 0.1) is 12.8 Å². The first-order chi connectivity index (χ1) is 36.1. The van der Waals surface area contributed by atoms with Crippen molar-refractivity contribution >= 4 is 53.0 Å². The number of urea groups is 1. The third-order valence-corrected chi connectivity index (χ3v) is 12.2. The summed E-state index contributed by atoms with van der Waals surface area (Å²) in [6.07, 6.45) is 7.23. The molecule has 392 valence electrons. The van der Waals surface area contributed by atoms with Crippen molar-refractivity contribution in [2.75, 3.05) is 25.5 Å². The first-order valence-corrected chi connectivity index (χ1v) is 24.6. The number of aryl methyl sites for hydroxylation is 1. The number of nitrogens with one attached hydrogen (secondary N) is 5. The topological polar surface area (TPSA) is 290 Å². The normalized spacial score (nSPS) is 12.9. The summed E-state index contributed by atoms with van der Waals surface area (Å²) in [5.74, 6) is -1.40. The second-order valence-corrected chi connectivity index (χ2v) is 18.3. The largest absolute Gasteiger partial charge is 0.497 e. The minimum Gasteiger partial charge on any atom is -0.497 e. The third-order valence-electron chi connectivity index (χ3n) is 12.2. The van der Waals surface area contributed by atoms with Gasteiger partial charge in [0, 0.05) is 61.3 Å². The van der Waals surface area contributed by atoms with E-state index >= 15 is 0 Å². The molecule has 8 amide bonds. The summed E-state index contributed by atoms with van der Waals surface area (Å²) < 4.78 is 12.9. The number of anilines is 1. The number of fused-ring (bicyclic) bond motifs is 1. The molecule has 75 heavy (non-hydrogen) atoms. The fourth-order valence-electron chi connectivity index (χ4n) is 8.21. The molecular weight excluding hydrogens is 963 g/mol. The molecule has 1 aliphatic heterocycles. The van der Waals surface area contributed by atoms with Gasteiger partial charge in [0.25, 0.3) is 11.8 Å². The number of unbranched alkanes of at least 4 members (excludes halogenated alkanes) is 2. The molecule has 0 fully saturated rings. The maximum atomic E-state index is 14.1. The smallest absolute Gasteiger partial charge is 0.410 e. The van der Waals surface area contributed by atoms with Gasteiger partial charge in [-0.25, -0.2) is 24.1 Å². The van der Waals surface area contributed by atoms with Gasteiger partial charge in [-0.1, -0.05) is 50.6 Å². The van der Waals surface area contributed by atoms with Crippen LogP contribution >= 0.6 is 0 Å². The van der Waals surface area contributed by atoms with E-state index in [1.807, 2.05) is 67.7 Å². The van der Waals surface area contributed by atoms with Crippen LogP contribution in [0.5, 0.6) is 5.75 Å². The van der Waals surface area contributed by atoms with Crippen LogP contribution in [0.3, 0.4) is 0 Å². The van der Waals surface area contributed by atoms with Gasteiger partial charge in [0.1, 0.15) is 36.6 Å². The van der Waals surface area contributed by atoms with E-state index in [0.29, 0.717) is 64.8 Å². The highest BCUT2D eigenvalue weighted by molar-refractivity contribution is 6.12. The molecule has 0 radical (unpaired) electrons. The van der Waals surface area contributed by atoms with Crippen molar-refractivity contribution in [3.8, 4) is 28.4 Å². The van der Waals surface area contributed by atoms with E-state index in [9.17, 15) is 33.6 Å². The molecule has 7 N–H and O–H groups in total. The minimum absolute atomic E-state index is 0.0356. The van der Waals surface area contributed by atoms with E-state index in [1.54, 1.807) is 49.7 Å².